The third kappa shape index (κ3) is 4.57. The van der Waals surface area contributed by atoms with Gasteiger partial charge >= 0.3 is 5.97 Å². The van der Waals surface area contributed by atoms with E-state index in [4.69, 9.17) is 4.74 Å². The molecule has 0 N–H and O–H groups in total. The molecule has 27 heavy (non-hydrogen) atoms. The van der Waals surface area contributed by atoms with Crippen LogP contribution < -0.4 is 4.74 Å². The number of aryl methyl sites for hydroxylation is 1. The summed E-state index contributed by atoms with van der Waals surface area (Å²) in [5, 5.41) is 0. The van der Waals surface area contributed by atoms with E-state index in [1.54, 1.807) is 30.3 Å². The van der Waals surface area contributed by atoms with E-state index in [0.717, 1.165) is 12.0 Å². The van der Waals surface area contributed by atoms with Gasteiger partial charge in [0, 0.05) is 13.1 Å². The number of ether oxygens (including phenoxy) is 1. The molecule has 1 aliphatic rings. The van der Waals surface area contributed by atoms with Crippen LogP contribution in [-0.4, -0.2) is 31.8 Å². The van der Waals surface area contributed by atoms with Gasteiger partial charge in [-0.2, -0.15) is 4.31 Å². The quantitative estimate of drug-likeness (QED) is 0.590. The summed E-state index contributed by atoms with van der Waals surface area (Å²) in [5.74, 6) is 0.501. The average molecular weight is 388 g/mol. The normalized spacial score (nSPS) is 21.0. The molecule has 0 spiro atoms. The molecule has 1 aliphatic heterocycles. The number of benzene rings is 2. The van der Waals surface area contributed by atoms with Crippen molar-refractivity contribution in [1.29, 1.82) is 0 Å². The number of rotatable bonds is 4. The maximum absolute atomic E-state index is 13.0. The maximum atomic E-state index is 13.0. The average Bonchev–Trinajstić information content (AvgIpc) is 2.61. The largest absolute Gasteiger partial charge is 0.423 e. The second-order valence-electron chi connectivity index (χ2n) is 7.50. The summed E-state index contributed by atoms with van der Waals surface area (Å²) >= 11 is 0. The second-order valence-corrected chi connectivity index (χ2v) is 9.44. The lowest BCUT2D eigenvalue weighted by Crippen LogP contribution is -2.42. The van der Waals surface area contributed by atoms with E-state index in [1.807, 2.05) is 13.0 Å². The first-order valence-corrected chi connectivity index (χ1v) is 10.6. The summed E-state index contributed by atoms with van der Waals surface area (Å²) in [4.78, 5) is 12.6. The zero-order valence-electron chi connectivity index (χ0n) is 15.9. The van der Waals surface area contributed by atoms with Crippen LogP contribution in [0.25, 0.3) is 0 Å². The lowest BCUT2D eigenvalue weighted by molar-refractivity contribution is 0.0734. The molecule has 144 valence electrons. The molecule has 0 amide bonds. The Kier molecular flexibility index (Phi) is 5.67. The Morgan fingerprint density at radius 1 is 1.04 bits per heavy atom. The second kappa shape index (κ2) is 7.82. The molecule has 2 unspecified atom stereocenters. The lowest BCUT2D eigenvalue weighted by Gasteiger charge is -2.34. The van der Waals surface area contributed by atoms with Gasteiger partial charge in [0.25, 0.3) is 0 Å². The standard InChI is InChI=1S/C21H25NO4S/c1-15-6-4-8-19(11-15)26-21(23)18-7-5-9-20(12-18)27(24,25)22-13-16(2)10-17(3)14-22/h4-9,11-12,16-17H,10,13-14H2,1-3H3. The molecule has 0 aliphatic carbocycles. The van der Waals surface area contributed by atoms with Gasteiger partial charge in [0.2, 0.25) is 10.0 Å². The van der Waals surface area contributed by atoms with Crippen LogP contribution in [-0.2, 0) is 10.0 Å². The molecule has 1 fully saturated rings. The van der Waals surface area contributed by atoms with Crippen molar-refractivity contribution in [2.24, 2.45) is 11.8 Å². The Bertz CT molecular complexity index is 929. The Hall–Kier alpha value is -2.18. The number of nitrogens with zero attached hydrogens (tertiary/aromatic N) is 1. The maximum Gasteiger partial charge on any atom is 0.343 e. The molecule has 2 aromatic rings. The number of hydrogen-bond donors (Lipinski definition) is 0. The van der Waals surface area contributed by atoms with E-state index in [9.17, 15) is 13.2 Å². The topological polar surface area (TPSA) is 63.7 Å². The van der Waals surface area contributed by atoms with Crippen LogP contribution in [0.3, 0.4) is 0 Å². The van der Waals surface area contributed by atoms with Crippen molar-refractivity contribution < 1.29 is 17.9 Å². The number of piperidine rings is 1. The molecule has 0 saturated carbocycles. The van der Waals surface area contributed by atoms with Gasteiger partial charge in [0.05, 0.1) is 10.5 Å². The summed E-state index contributed by atoms with van der Waals surface area (Å²) in [5.41, 5.74) is 1.20. The third-order valence-electron chi connectivity index (χ3n) is 4.74. The molecule has 1 saturated heterocycles. The van der Waals surface area contributed by atoms with Crippen LogP contribution in [0.15, 0.2) is 53.4 Å². The fourth-order valence-corrected chi connectivity index (χ4v) is 5.31. The predicted molar refractivity (Wildman–Crippen MR) is 104 cm³/mol. The highest BCUT2D eigenvalue weighted by Crippen LogP contribution is 2.27. The number of sulfonamides is 1. The highest BCUT2D eigenvalue weighted by molar-refractivity contribution is 7.89. The van der Waals surface area contributed by atoms with Crippen LogP contribution >= 0.6 is 0 Å². The molecule has 2 aromatic carbocycles. The van der Waals surface area contributed by atoms with Crippen LogP contribution in [0, 0.1) is 18.8 Å². The van der Waals surface area contributed by atoms with E-state index >= 15 is 0 Å². The fourth-order valence-electron chi connectivity index (χ4n) is 3.58. The van der Waals surface area contributed by atoms with Crippen LogP contribution in [0.5, 0.6) is 5.75 Å². The summed E-state index contributed by atoms with van der Waals surface area (Å²) < 4.78 is 33.0. The van der Waals surface area contributed by atoms with E-state index in [1.165, 1.54) is 16.4 Å². The molecule has 1 heterocycles. The number of carbonyl (C=O) groups is 1. The molecule has 5 nitrogen and oxygen atoms in total. The molecule has 2 atom stereocenters. The van der Waals surface area contributed by atoms with Crippen molar-refractivity contribution in [2.75, 3.05) is 13.1 Å². The highest BCUT2D eigenvalue weighted by atomic mass is 32.2. The molecular formula is C21H25NO4S. The predicted octanol–water partition coefficient (Wildman–Crippen LogP) is 3.88. The Balaban J connectivity index is 1.83. The van der Waals surface area contributed by atoms with E-state index in [2.05, 4.69) is 13.8 Å². The molecule has 3 rings (SSSR count). The summed E-state index contributed by atoms with van der Waals surface area (Å²) in [6.07, 6.45) is 1.02. The minimum Gasteiger partial charge on any atom is -0.423 e. The van der Waals surface area contributed by atoms with Gasteiger partial charge in [-0.25, -0.2) is 13.2 Å². The first-order valence-electron chi connectivity index (χ1n) is 9.15. The van der Waals surface area contributed by atoms with Crippen molar-refractivity contribution in [3.05, 3.63) is 59.7 Å². The van der Waals surface area contributed by atoms with Crippen LogP contribution in [0.2, 0.25) is 0 Å². The molecule has 6 heteroatoms. The molecular weight excluding hydrogens is 362 g/mol. The van der Waals surface area contributed by atoms with E-state index in [0.29, 0.717) is 30.7 Å². The SMILES string of the molecule is Cc1cccc(OC(=O)c2cccc(S(=O)(=O)N3CC(C)CC(C)C3)c2)c1. The van der Waals surface area contributed by atoms with Gasteiger partial charge in [-0.05, 0) is 61.1 Å². The van der Waals surface area contributed by atoms with Gasteiger partial charge in [0.1, 0.15) is 5.75 Å². The minimum absolute atomic E-state index is 0.127. The van der Waals surface area contributed by atoms with Crippen molar-refractivity contribution in [3.63, 3.8) is 0 Å². The number of carbonyl (C=O) groups excluding carboxylic acids is 1. The summed E-state index contributed by atoms with van der Waals surface area (Å²) in [6, 6.07) is 13.2. The zero-order chi connectivity index (χ0) is 19.6. The van der Waals surface area contributed by atoms with Gasteiger partial charge in [-0.1, -0.05) is 32.0 Å². The summed E-state index contributed by atoms with van der Waals surface area (Å²) in [7, 11) is -3.64. The van der Waals surface area contributed by atoms with E-state index < -0.39 is 16.0 Å². The number of esters is 1. The Morgan fingerprint density at radius 2 is 1.70 bits per heavy atom. The Morgan fingerprint density at radius 3 is 2.37 bits per heavy atom. The summed E-state index contributed by atoms with van der Waals surface area (Å²) in [6.45, 7) is 7.04. The van der Waals surface area contributed by atoms with Gasteiger partial charge in [-0.15, -0.1) is 0 Å². The van der Waals surface area contributed by atoms with E-state index in [-0.39, 0.29) is 10.5 Å². The van der Waals surface area contributed by atoms with Crippen LogP contribution in [0.1, 0.15) is 36.2 Å². The zero-order valence-corrected chi connectivity index (χ0v) is 16.7. The molecule has 0 radical (unpaired) electrons. The van der Waals surface area contributed by atoms with Crippen LogP contribution in [0.4, 0.5) is 0 Å². The smallest absolute Gasteiger partial charge is 0.343 e. The lowest BCUT2D eigenvalue weighted by atomic mass is 9.94. The molecule has 0 aromatic heterocycles. The Labute approximate surface area is 161 Å². The third-order valence-corrected chi connectivity index (χ3v) is 6.57. The fraction of sp³-hybridized carbons (Fsp3) is 0.381. The van der Waals surface area contributed by atoms with Gasteiger partial charge in [0.15, 0.2) is 0 Å². The van der Waals surface area contributed by atoms with Gasteiger partial charge in [-0.3, -0.25) is 0 Å². The van der Waals surface area contributed by atoms with Crippen molar-refractivity contribution in [3.8, 4) is 5.75 Å². The van der Waals surface area contributed by atoms with Gasteiger partial charge < -0.3 is 4.74 Å². The number of hydrogen-bond acceptors (Lipinski definition) is 4. The molecule has 0 bridgehead atoms. The first-order chi connectivity index (χ1) is 12.8. The van der Waals surface area contributed by atoms with Crippen molar-refractivity contribution in [1.82, 2.24) is 4.31 Å². The van der Waals surface area contributed by atoms with Crippen molar-refractivity contribution >= 4 is 16.0 Å². The van der Waals surface area contributed by atoms with Crippen molar-refractivity contribution in [2.45, 2.75) is 32.1 Å². The highest BCUT2D eigenvalue weighted by Gasteiger charge is 2.32. The minimum atomic E-state index is -3.64. The monoisotopic (exact) mass is 387 g/mol. The first kappa shape index (κ1) is 19.6.